The number of rotatable bonds is 9. The first kappa shape index (κ1) is 17.9. The van der Waals surface area contributed by atoms with Crippen LogP contribution in [0.25, 0.3) is 0 Å². The molecule has 0 spiro atoms. The average molecular weight is 327 g/mol. The minimum Gasteiger partial charge on any atom is -0.490 e. The molecule has 0 bridgehead atoms. The number of unbranched alkanes of at least 4 members (excludes halogenated alkanes) is 1. The number of ether oxygens (including phenoxy) is 2. The maximum absolute atomic E-state index is 12.7. The summed E-state index contributed by atoms with van der Waals surface area (Å²) >= 11 is 0. The Bertz CT molecular complexity index is 628. The summed E-state index contributed by atoms with van der Waals surface area (Å²) in [5.41, 5.74) is 0.901. The second-order valence-electron chi connectivity index (χ2n) is 5.40. The molecule has 0 saturated heterocycles. The van der Waals surface area contributed by atoms with Gasteiger partial charge in [0, 0.05) is 12.2 Å². The molecule has 0 heterocycles. The van der Waals surface area contributed by atoms with E-state index in [0.29, 0.717) is 24.7 Å². The molecule has 128 valence electrons. The Morgan fingerprint density at radius 1 is 0.917 bits per heavy atom. The molecule has 0 aromatic heterocycles. The molecule has 4 nitrogen and oxygen atoms in total. The molecule has 0 atom stereocenters. The van der Waals surface area contributed by atoms with Gasteiger partial charge in [-0.1, -0.05) is 43.7 Å². The van der Waals surface area contributed by atoms with Crippen molar-refractivity contribution in [3.8, 4) is 11.5 Å². The fraction of sp³-hybridized carbons (Fsp3) is 0.350. The van der Waals surface area contributed by atoms with Crippen LogP contribution >= 0.6 is 0 Å². The van der Waals surface area contributed by atoms with E-state index in [9.17, 15) is 4.79 Å². The summed E-state index contributed by atoms with van der Waals surface area (Å²) in [7, 11) is 0. The van der Waals surface area contributed by atoms with Crippen LogP contribution in [0.15, 0.2) is 54.6 Å². The smallest absolute Gasteiger partial charge is 0.264 e. The minimum absolute atomic E-state index is 0.0112. The molecule has 2 aromatic carbocycles. The highest BCUT2D eigenvalue weighted by molar-refractivity contribution is 5.94. The van der Waals surface area contributed by atoms with Crippen molar-refractivity contribution in [3.63, 3.8) is 0 Å². The number of carbonyl (C=O) groups excluding carboxylic acids is 1. The first-order chi connectivity index (χ1) is 11.8. The zero-order chi connectivity index (χ0) is 17.2. The van der Waals surface area contributed by atoms with Gasteiger partial charge in [0.25, 0.3) is 5.91 Å². The average Bonchev–Trinajstić information content (AvgIpc) is 2.62. The molecule has 2 rings (SSSR count). The molecule has 24 heavy (non-hydrogen) atoms. The number of hydrogen-bond acceptors (Lipinski definition) is 3. The molecule has 0 aliphatic heterocycles. The van der Waals surface area contributed by atoms with E-state index >= 15 is 0 Å². The highest BCUT2D eigenvalue weighted by Gasteiger charge is 2.16. The number of amides is 1. The standard InChI is InChI=1S/C20H25NO3/c1-3-5-15-21(17-11-7-6-8-12-17)20(22)16-24-19-14-10-9-13-18(19)23-4-2/h6-14H,3-5,15-16H2,1-2H3. The molecule has 0 aliphatic carbocycles. The molecule has 0 unspecified atom stereocenters. The lowest BCUT2D eigenvalue weighted by Gasteiger charge is -2.23. The summed E-state index contributed by atoms with van der Waals surface area (Å²) < 4.78 is 11.2. The van der Waals surface area contributed by atoms with Crippen molar-refractivity contribution in [3.05, 3.63) is 54.6 Å². The fourth-order valence-corrected chi connectivity index (χ4v) is 2.38. The van der Waals surface area contributed by atoms with Crippen molar-refractivity contribution in [2.24, 2.45) is 0 Å². The number of nitrogens with zero attached hydrogens (tertiary/aromatic N) is 1. The zero-order valence-corrected chi connectivity index (χ0v) is 14.4. The maximum Gasteiger partial charge on any atom is 0.264 e. The monoisotopic (exact) mass is 327 g/mol. The first-order valence-corrected chi connectivity index (χ1v) is 8.46. The molecular formula is C20H25NO3. The van der Waals surface area contributed by atoms with Gasteiger partial charge in [-0.25, -0.2) is 0 Å². The Labute approximate surface area is 144 Å². The molecule has 1 amide bonds. The number of anilines is 1. The van der Waals surface area contributed by atoms with Crippen LogP contribution in [-0.4, -0.2) is 25.7 Å². The summed E-state index contributed by atoms with van der Waals surface area (Å²) in [6.07, 6.45) is 1.99. The third kappa shape index (κ3) is 5.01. The molecular weight excluding hydrogens is 302 g/mol. The normalized spacial score (nSPS) is 10.2. The predicted molar refractivity (Wildman–Crippen MR) is 96.8 cm³/mol. The molecule has 0 N–H and O–H groups in total. The van der Waals surface area contributed by atoms with Gasteiger partial charge in [0.2, 0.25) is 0 Å². The summed E-state index contributed by atoms with van der Waals surface area (Å²) in [5.74, 6) is 1.20. The summed E-state index contributed by atoms with van der Waals surface area (Å²) in [6.45, 7) is 5.27. The van der Waals surface area contributed by atoms with Gasteiger partial charge in [-0.05, 0) is 37.6 Å². The molecule has 4 heteroatoms. The van der Waals surface area contributed by atoms with Gasteiger partial charge in [0.1, 0.15) is 0 Å². The van der Waals surface area contributed by atoms with Gasteiger partial charge in [-0.15, -0.1) is 0 Å². The lowest BCUT2D eigenvalue weighted by Crippen LogP contribution is -2.35. The Morgan fingerprint density at radius 2 is 1.54 bits per heavy atom. The highest BCUT2D eigenvalue weighted by Crippen LogP contribution is 2.26. The van der Waals surface area contributed by atoms with Crippen molar-refractivity contribution in [1.29, 1.82) is 0 Å². The number of para-hydroxylation sites is 3. The van der Waals surface area contributed by atoms with Crippen LogP contribution < -0.4 is 14.4 Å². The van der Waals surface area contributed by atoms with Gasteiger partial charge in [0.15, 0.2) is 18.1 Å². The van der Waals surface area contributed by atoms with E-state index in [-0.39, 0.29) is 12.5 Å². The van der Waals surface area contributed by atoms with Crippen molar-refractivity contribution in [2.75, 3.05) is 24.7 Å². The van der Waals surface area contributed by atoms with E-state index in [4.69, 9.17) is 9.47 Å². The van der Waals surface area contributed by atoms with E-state index in [0.717, 1.165) is 18.5 Å². The minimum atomic E-state index is -0.0547. The third-order valence-corrected chi connectivity index (χ3v) is 3.60. The predicted octanol–water partition coefficient (Wildman–Crippen LogP) is 4.30. The Kier molecular flexibility index (Phi) is 7.15. The second-order valence-corrected chi connectivity index (χ2v) is 5.40. The van der Waals surface area contributed by atoms with Crippen molar-refractivity contribution in [2.45, 2.75) is 26.7 Å². The molecule has 0 radical (unpaired) electrons. The van der Waals surface area contributed by atoms with Crippen LogP contribution in [0.3, 0.4) is 0 Å². The van der Waals surface area contributed by atoms with E-state index in [1.807, 2.05) is 61.5 Å². The number of benzene rings is 2. The zero-order valence-electron chi connectivity index (χ0n) is 14.4. The van der Waals surface area contributed by atoms with Crippen molar-refractivity contribution >= 4 is 11.6 Å². The van der Waals surface area contributed by atoms with Crippen LogP contribution in [0.5, 0.6) is 11.5 Å². The second kappa shape index (κ2) is 9.60. The van der Waals surface area contributed by atoms with Gasteiger partial charge >= 0.3 is 0 Å². The number of hydrogen-bond donors (Lipinski definition) is 0. The lowest BCUT2D eigenvalue weighted by molar-refractivity contribution is -0.120. The van der Waals surface area contributed by atoms with Crippen LogP contribution in [0.4, 0.5) is 5.69 Å². The molecule has 2 aromatic rings. The van der Waals surface area contributed by atoms with E-state index in [1.54, 1.807) is 4.90 Å². The Morgan fingerprint density at radius 3 is 2.17 bits per heavy atom. The topological polar surface area (TPSA) is 38.8 Å². The van der Waals surface area contributed by atoms with E-state index in [2.05, 4.69) is 6.92 Å². The summed E-state index contributed by atoms with van der Waals surface area (Å²) in [6, 6.07) is 17.1. The quantitative estimate of drug-likeness (QED) is 0.689. The van der Waals surface area contributed by atoms with Crippen LogP contribution in [0.2, 0.25) is 0 Å². The van der Waals surface area contributed by atoms with Crippen LogP contribution in [-0.2, 0) is 4.79 Å². The maximum atomic E-state index is 12.7. The first-order valence-electron chi connectivity index (χ1n) is 8.46. The third-order valence-electron chi connectivity index (χ3n) is 3.60. The Hall–Kier alpha value is -2.49. The van der Waals surface area contributed by atoms with E-state index < -0.39 is 0 Å². The van der Waals surface area contributed by atoms with Gasteiger partial charge in [-0.3, -0.25) is 4.79 Å². The molecule has 0 aliphatic rings. The SMILES string of the molecule is CCCCN(C(=O)COc1ccccc1OCC)c1ccccc1. The van der Waals surface area contributed by atoms with Gasteiger partial charge in [0.05, 0.1) is 6.61 Å². The van der Waals surface area contributed by atoms with Crippen LogP contribution in [0, 0.1) is 0 Å². The van der Waals surface area contributed by atoms with Crippen molar-refractivity contribution in [1.82, 2.24) is 0 Å². The van der Waals surface area contributed by atoms with Gasteiger partial charge in [-0.2, -0.15) is 0 Å². The van der Waals surface area contributed by atoms with Crippen molar-refractivity contribution < 1.29 is 14.3 Å². The number of carbonyl (C=O) groups is 1. The lowest BCUT2D eigenvalue weighted by atomic mass is 10.2. The largest absolute Gasteiger partial charge is 0.490 e. The fourth-order valence-electron chi connectivity index (χ4n) is 2.38. The molecule has 0 saturated carbocycles. The van der Waals surface area contributed by atoms with Gasteiger partial charge < -0.3 is 14.4 Å². The van der Waals surface area contributed by atoms with E-state index in [1.165, 1.54) is 0 Å². The summed E-state index contributed by atoms with van der Waals surface area (Å²) in [5, 5.41) is 0. The van der Waals surface area contributed by atoms with Crippen LogP contribution in [0.1, 0.15) is 26.7 Å². The molecule has 0 fully saturated rings. The highest BCUT2D eigenvalue weighted by atomic mass is 16.5. The Balaban J connectivity index is 2.05. The summed E-state index contributed by atoms with van der Waals surface area (Å²) in [4.78, 5) is 14.4.